The summed E-state index contributed by atoms with van der Waals surface area (Å²) in [6.45, 7) is 0.383. The van der Waals surface area contributed by atoms with Crippen LogP contribution in [0.2, 0.25) is 0 Å². The molecule has 0 radical (unpaired) electrons. The van der Waals surface area contributed by atoms with E-state index in [1.807, 2.05) is 6.07 Å². The van der Waals surface area contributed by atoms with Gasteiger partial charge in [0.25, 0.3) is 0 Å². The van der Waals surface area contributed by atoms with Crippen LogP contribution in [-0.4, -0.2) is 10.1 Å². The molecule has 0 aliphatic rings. The Morgan fingerprint density at radius 1 is 1.14 bits per heavy atom. The predicted octanol–water partition coefficient (Wildman–Crippen LogP) is 3.59. The third kappa shape index (κ3) is 4.42. The van der Waals surface area contributed by atoms with Gasteiger partial charge in [-0.3, -0.25) is 4.98 Å². The highest BCUT2D eigenvalue weighted by atomic mass is 32.1. The summed E-state index contributed by atoms with van der Waals surface area (Å²) in [7, 11) is 0. The number of thiocarbonyl (C=S) groups is 1. The van der Waals surface area contributed by atoms with E-state index in [1.54, 1.807) is 18.5 Å². The Bertz CT molecular complexity index is 614. The van der Waals surface area contributed by atoms with Gasteiger partial charge >= 0.3 is 6.18 Å². The topological polar surface area (TPSA) is 37.0 Å². The largest absolute Gasteiger partial charge is 0.418 e. The van der Waals surface area contributed by atoms with Gasteiger partial charge in [0.15, 0.2) is 5.11 Å². The van der Waals surface area contributed by atoms with Crippen molar-refractivity contribution in [1.82, 2.24) is 10.3 Å². The lowest BCUT2D eigenvalue weighted by molar-refractivity contribution is -0.136. The van der Waals surface area contributed by atoms with Crippen LogP contribution in [0.4, 0.5) is 18.9 Å². The summed E-state index contributed by atoms with van der Waals surface area (Å²) >= 11 is 5.01. The molecule has 2 aromatic rings. The molecule has 0 spiro atoms. The Kier molecular flexibility index (Phi) is 4.74. The molecule has 0 fully saturated rings. The molecule has 1 aromatic heterocycles. The minimum absolute atomic E-state index is 0.0753. The van der Waals surface area contributed by atoms with Crippen molar-refractivity contribution in [2.75, 3.05) is 5.32 Å². The second kappa shape index (κ2) is 6.53. The van der Waals surface area contributed by atoms with Crippen molar-refractivity contribution in [3.63, 3.8) is 0 Å². The lowest BCUT2D eigenvalue weighted by atomic mass is 10.1. The molecule has 1 heterocycles. The average molecular weight is 311 g/mol. The summed E-state index contributed by atoms with van der Waals surface area (Å²) in [4.78, 5) is 3.94. The quantitative estimate of drug-likeness (QED) is 0.850. The number of hydrogen-bond donors (Lipinski definition) is 2. The first-order valence-corrected chi connectivity index (χ1v) is 6.47. The lowest BCUT2D eigenvalue weighted by Crippen LogP contribution is -2.29. The van der Waals surface area contributed by atoms with E-state index in [4.69, 9.17) is 12.2 Å². The highest BCUT2D eigenvalue weighted by Crippen LogP contribution is 2.34. The maximum absolute atomic E-state index is 12.8. The van der Waals surface area contributed by atoms with Crippen LogP contribution in [0.5, 0.6) is 0 Å². The second-order valence-electron chi connectivity index (χ2n) is 4.21. The summed E-state index contributed by atoms with van der Waals surface area (Å²) < 4.78 is 38.5. The van der Waals surface area contributed by atoms with Crippen LogP contribution in [0.15, 0.2) is 48.8 Å². The highest BCUT2D eigenvalue weighted by Gasteiger charge is 2.33. The fourth-order valence-electron chi connectivity index (χ4n) is 1.69. The first-order chi connectivity index (χ1) is 9.97. The van der Waals surface area contributed by atoms with Crippen molar-refractivity contribution in [1.29, 1.82) is 0 Å². The number of pyridine rings is 1. The number of hydrogen-bond acceptors (Lipinski definition) is 2. The molecule has 2 N–H and O–H groups in total. The van der Waals surface area contributed by atoms with Gasteiger partial charge in [-0.25, -0.2) is 0 Å². The molecule has 0 amide bonds. The number of para-hydroxylation sites is 1. The summed E-state index contributed by atoms with van der Waals surface area (Å²) in [6, 6.07) is 8.80. The minimum atomic E-state index is -4.43. The van der Waals surface area contributed by atoms with Gasteiger partial charge in [-0.1, -0.05) is 18.2 Å². The average Bonchev–Trinajstić information content (AvgIpc) is 2.46. The molecule has 0 saturated carbocycles. The van der Waals surface area contributed by atoms with Crippen molar-refractivity contribution in [2.45, 2.75) is 12.7 Å². The van der Waals surface area contributed by atoms with Gasteiger partial charge in [0.1, 0.15) is 0 Å². The van der Waals surface area contributed by atoms with E-state index in [2.05, 4.69) is 15.6 Å². The normalized spacial score (nSPS) is 11.0. The third-order valence-corrected chi connectivity index (χ3v) is 2.90. The van der Waals surface area contributed by atoms with Gasteiger partial charge in [0.05, 0.1) is 11.3 Å². The molecule has 0 unspecified atom stereocenters. The first kappa shape index (κ1) is 15.2. The van der Waals surface area contributed by atoms with Crippen LogP contribution < -0.4 is 10.6 Å². The summed E-state index contributed by atoms with van der Waals surface area (Å²) in [5, 5.41) is 5.53. The van der Waals surface area contributed by atoms with Gasteiger partial charge in [0, 0.05) is 18.9 Å². The molecule has 1 aromatic carbocycles. The van der Waals surface area contributed by atoms with E-state index >= 15 is 0 Å². The maximum atomic E-state index is 12.8. The Hall–Kier alpha value is -2.15. The fourth-order valence-corrected chi connectivity index (χ4v) is 1.87. The molecule has 0 saturated heterocycles. The highest BCUT2D eigenvalue weighted by molar-refractivity contribution is 7.80. The van der Waals surface area contributed by atoms with Gasteiger partial charge in [-0.05, 0) is 36.0 Å². The fraction of sp³-hybridized carbons (Fsp3) is 0.143. The third-order valence-electron chi connectivity index (χ3n) is 2.66. The molecule has 21 heavy (non-hydrogen) atoms. The lowest BCUT2D eigenvalue weighted by Gasteiger charge is -2.15. The number of anilines is 1. The zero-order valence-electron chi connectivity index (χ0n) is 10.8. The first-order valence-electron chi connectivity index (χ1n) is 6.07. The number of aromatic nitrogens is 1. The molecular weight excluding hydrogens is 299 g/mol. The van der Waals surface area contributed by atoms with Crippen molar-refractivity contribution in [2.24, 2.45) is 0 Å². The van der Waals surface area contributed by atoms with Crippen LogP contribution in [-0.2, 0) is 12.7 Å². The number of halogens is 3. The van der Waals surface area contributed by atoms with E-state index in [9.17, 15) is 13.2 Å². The Balaban J connectivity index is 2.00. The number of benzene rings is 1. The standard InChI is InChI=1S/C14H12F3N3S/c15-14(16,17)11-5-1-2-6-12(11)20-13(21)19-9-10-4-3-7-18-8-10/h1-8H,9H2,(H2,19,20,21). The summed E-state index contributed by atoms with van der Waals surface area (Å²) in [5.41, 5.74) is 0.0509. The van der Waals surface area contributed by atoms with Crippen LogP contribution in [0.1, 0.15) is 11.1 Å². The molecule has 7 heteroatoms. The van der Waals surface area contributed by atoms with Gasteiger partial charge in [-0.2, -0.15) is 13.2 Å². The Labute approximate surface area is 125 Å². The predicted molar refractivity (Wildman–Crippen MR) is 78.7 cm³/mol. The van der Waals surface area contributed by atoms with E-state index < -0.39 is 11.7 Å². The van der Waals surface area contributed by atoms with E-state index in [1.165, 1.54) is 18.2 Å². The molecule has 2 rings (SSSR count). The molecule has 0 aliphatic heterocycles. The molecular formula is C14H12F3N3S. The van der Waals surface area contributed by atoms with E-state index in [0.29, 0.717) is 6.54 Å². The molecule has 110 valence electrons. The Morgan fingerprint density at radius 3 is 2.57 bits per heavy atom. The zero-order valence-corrected chi connectivity index (χ0v) is 11.6. The van der Waals surface area contributed by atoms with Gasteiger partial charge in [-0.15, -0.1) is 0 Å². The molecule has 0 atom stereocenters. The van der Waals surface area contributed by atoms with Crippen molar-refractivity contribution in [3.8, 4) is 0 Å². The van der Waals surface area contributed by atoms with Crippen LogP contribution in [0, 0.1) is 0 Å². The SMILES string of the molecule is FC(F)(F)c1ccccc1NC(=S)NCc1cccnc1. The van der Waals surface area contributed by atoms with E-state index in [0.717, 1.165) is 11.6 Å². The molecule has 3 nitrogen and oxygen atoms in total. The number of nitrogens with one attached hydrogen (secondary N) is 2. The number of nitrogens with zero attached hydrogens (tertiary/aromatic N) is 1. The second-order valence-corrected chi connectivity index (χ2v) is 4.62. The smallest absolute Gasteiger partial charge is 0.358 e. The number of rotatable bonds is 3. The summed E-state index contributed by atoms with van der Waals surface area (Å²) in [5.74, 6) is 0. The Morgan fingerprint density at radius 2 is 1.90 bits per heavy atom. The van der Waals surface area contributed by atoms with Gasteiger partial charge < -0.3 is 10.6 Å². The molecule has 0 bridgehead atoms. The zero-order chi connectivity index (χ0) is 15.3. The summed E-state index contributed by atoms with van der Waals surface area (Å²) in [6.07, 6.45) is -1.14. The monoisotopic (exact) mass is 311 g/mol. The van der Waals surface area contributed by atoms with Crippen LogP contribution in [0.3, 0.4) is 0 Å². The van der Waals surface area contributed by atoms with Crippen molar-refractivity contribution >= 4 is 23.0 Å². The van der Waals surface area contributed by atoms with Gasteiger partial charge in [0.2, 0.25) is 0 Å². The number of alkyl halides is 3. The molecule has 0 aliphatic carbocycles. The maximum Gasteiger partial charge on any atom is 0.418 e. The van der Waals surface area contributed by atoms with Crippen LogP contribution >= 0.6 is 12.2 Å². The van der Waals surface area contributed by atoms with Crippen LogP contribution in [0.25, 0.3) is 0 Å². The van der Waals surface area contributed by atoms with E-state index in [-0.39, 0.29) is 10.8 Å². The minimum Gasteiger partial charge on any atom is -0.358 e. The van der Waals surface area contributed by atoms with Crippen molar-refractivity contribution in [3.05, 3.63) is 59.9 Å². The van der Waals surface area contributed by atoms with Crippen molar-refractivity contribution < 1.29 is 13.2 Å².